The second kappa shape index (κ2) is 8.13. The first kappa shape index (κ1) is 16.7. The molecule has 23 heavy (non-hydrogen) atoms. The van der Waals surface area contributed by atoms with Gasteiger partial charge in [0.2, 0.25) is 11.8 Å². The summed E-state index contributed by atoms with van der Waals surface area (Å²) in [6.07, 6.45) is 9.57. The molecule has 5 nitrogen and oxygen atoms in total. The molecule has 0 aromatic rings. The van der Waals surface area contributed by atoms with Crippen LogP contribution in [0.25, 0.3) is 0 Å². The van der Waals surface area contributed by atoms with Gasteiger partial charge in [-0.15, -0.1) is 0 Å². The van der Waals surface area contributed by atoms with Gasteiger partial charge in [0, 0.05) is 45.1 Å². The third kappa shape index (κ3) is 4.69. The van der Waals surface area contributed by atoms with Crippen molar-refractivity contribution in [2.45, 2.75) is 63.8 Å². The van der Waals surface area contributed by atoms with E-state index in [1.54, 1.807) is 0 Å². The summed E-state index contributed by atoms with van der Waals surface area (Å²) in [7, 11) is 0. The number of nitrogens with zero attached hydrogens (tertiary/aromatic N) is 2. The molecule has 1 N–H and O–H groups in total. The Bertz CT molecular complexity index is 376. The Kier molecular flexibility index (Phi) is 5.92. The van der Waals surface area contributed by atoms with Crippen LogP contribution in [0.15, 0.2) is 0 Å². The van der Waals surface area contributed by atoms with Crippen LogP contribution in [0.3, 0.4) is 0 Å². The average Bonchev–Trinajstić information content (AvgIpc) is 3.17. The van der Waals surface area contributed by atoms with Crippen LogP contribution in [0, 0.1) is 5.92 Å². The lowest BCUT2D eigenvalue weighted by Crippen LogP contribution is -2.39. The molecule has 3 fully saturated rings. The van der Waals surface area contributed by atoms with E-state index in [1.807, 2.05) is 9.80 Å². The van der Waals surface area contributed by atoms with Crippen molar-refractivity contribution in [3.05, 3.63) is 0 Å². The molecule has 1 atom stereocenters. The third-order valence-electron chi connectivity index (χ3n) is 5.72. The van der Waals surface area contributed by atoms with Crippen molar-refractivity contribution in [2.75, 3.05) is 32.7 Å². The van der Waals surface area contributed by atoms with Gasteiger partial charge in [-0.05, 0) is 44.6 Å². The highest BCUT2D eigenvalue weighted by Crippen LogP contribution is 2.28. The molecule has 3 rings (SSSR count). The molecule has 130 valence electrons. The van der Waals surface area contributed by atoms with E-state index in [2.05, 4.69) is 5.32 Å². The molecule has 3 aliphatic rings. The lowest BCUT2D eigenvalue weighted by molar-refractivity contribution is -0.134. The first-order valence-electron chi connectivity index (χ1n) is 9.51. The molecule has 1 aliphatic carbocycles. The van der Waals surface area contributed by atoms with E-state index in [1.165, 1.54) is 32.1 Å². The van der Waals surface area contributed by atoms with Gasteiger partial charge in [-0.25, -0.2) is 0 Å². The minimum atomic E-state index is 0.259. The van der Waals surface area contributed by atoms with Gasteiger partial charge in [-0.3, -0.25) is 9.59 Å². The fraction of sp³-hybridized carbons (Fsp3) is 0.889. The number of rotatable bonds is 4. The first-order valence-corrected chi connectivity index (χ1v) is 9.51. The maximum Gasteiger partial charge on any atom is 0.224 e. The highest BCUT2D eigenvalue weighted by molar-refractivity contribution is 5.78. The molecule has 0 spiro atoms. The molecule has 2 aliphatic heterocycles. The van der Waals surface area contributed by atoms with E-state index < -0.39 is 0 Å². The summed E-state index contributed by atoms with van der Waals surface area (Å²) in [4.78, 5) is 28.9. The molecule has 0 bridgehead atoms. The minimum absolute atomic E-state index is 0.259. The molecular formula is C18H31N3O2. The van der Waals surface area contributed by atoms with Gasteiger partial charge >= 0.3 is 0 Å². The van der Waals surface area contributed by atoms with Gasteiger partial charge in [0.05, 0.1) is 0 Å². The first-order chi connectivity index (χ1) is 11.2. The van der Waals surface area contributed by atoms with Gasteiger partial charge in [0.25, 0.3) is 0 Å². The van der Waals surface area contributed by atoms with Crippen LogP contribution in [0.1, 0.15) is 57.8 Å². The molecule has 5 heteroatoms. The zero-order chi connectivity index (χ0) is 16.1. The normalized spacial score (nSPS) is 26.5. The monoisotopic (exact) mass is 321 g/mol. The van der Waals surface area contributed by atoms with Gasteiger partial charge < -0.3 is 15.1 Å². The Morgan fingerprint density at radius 2 is 1.43 bits per heavy atom. The molecule has 1 unspecified atom stereocenters. The van der Waals surface area contributed by atoms with E-state index >= 15 is 0 Å². The Balaban J connectivity index is 1.44. The zero-order valence-electron chi connectivity index (χ0n) is 14.3. The smallest absolute Gasteiger partial charge is 0.224 e. The van der Waals surface area contributed by atoms with Crippen LogP contribution in [-0.4, -0.2) is 60.4 Å². The number of carbonyl (C=O) groups is 2. The molecule has 0 aromatic heterocycles. The highest BCUT2D eigenvalue weighted by atomic mass is 16.2. The maximum absolute atomic E-state index is 12.5. The third-order valence-corrected chi connectivity index (χ3v) is 5.72. The van der Waals surface area contributed by atoms with E-state index in [0.29, 0.717) is 30.8 Å². The van der Waals surface area contributed by atoms with Crippen LogP contribution in [0.2, 0.25) is 0 Å². The molecule has 0 radical (unpaired) electrons. The SMILES string of the molecule is O=C(CC1CCCC1)N1CCCN(C(=O)CC2CCCN2)CC1. The largest absolute Gasteiger partial charge is 0.341 e. The van der Waals surface area contributed by atoms with Crippen LogP contribution < -0.4 is 5.32 Å². The highest BCUT2D eigenvalue weighted by Gasteiger charge is 2.26. The lowest BCUT2D eigenvalue weighted by Gasteiger charge is -2.24. The van der Waals surface area contributed by atoms with Crippen molar-refractivity contribution in [3.8, 4) is 0 Å². The van der Waals surface area contributed by atoms with E-state index in [9.17, 15) is 9.59 Å². The predicted octanol–water partition coefficient (Wildman–Crippen LogP) is 1.77. The second-order valence-corrected chi connectivity index (χ2v) is 7.47. The predicted molar refractivity (Wildman–Crippen MR) is 90.0 cm³/mol. The van der Waals surface area contributed by atoms with Crippen molar-refractivity contribution >= 4 is 11.8 Å². The zero-order valence-corrected chi connectivity index (χ0v) is 14.3. The topological polar surface area (TPSA) is 52.7 Å². The molecular weight excluding hydrogens is 290 g/mol. The van der Waals surface area contributed by atoms with Crippen LogP contribution >= 0.6 is 0 Å². The second-order valence-electron chi connectivity index (χ2n) is 7.47. The summed E-state index contributed by atoms with van der Waals surface area (Å²) >= 11 is 0. The van der Waals surface area contributed by atoms with Crippen LogP contribution in [0.4, 0.5) is 0 Å². The Hall–Kier alpha value is -1.10. The van der Waals surface area contributed by atoms with Crippen LogP contribution in [-0.2, 0) is 9.59 Å². The number of nitrogens with one attached hydrogen (secondary N) is 1. The van der Waals surface area contributed by atoms with Gasteiger partial charge in [-0.1, -0.05) is 12.8 Å². The fourth-order valence-electron chi connectivity index (χ4n) is 4.28. The van der Waals surface area contributed by atoms with Crippen molar-refractivity contribution in [3.63, 3.8) is 0 Å². The summed E-state index contributed by atoms with van der Waals surface area (Å²) in [6.45, 7) is 4.09. The summed E-state index contributed by atoms with van der Waals surface area (Å²) in [5.41, 5.74) is 0. The standard InChI is InChI=1S/C18H31N3O2/c22-17(13-15-5-1-2-6-15)20-9-4-10-21(12-11-20)18(23)14-16-7-3-8-19-16/h15-16,19H,1-14H2. The molecule has 1 saturated carbocycles. The Labute approximate surface area is 139 Å². The van der Waals surface area contributed by atoms with Crippen molar-refractivity contribution in [1.82, 2.24) is 15.1 Å². The molecule has 2 amide bonds. The van der Waals surface area contributed by atoms with Gasteiger partial charge in [0.15, 0.2) is 0 Å². The fourth-order valence-corrected chi connectivity index (χ4v) is 4.28. The Morgan fingerprint density at radius 3 is 2.04 bits per heavy atom. The van der Waals surface area contributed by atoms with Crippen molar-refractivity contribution in [1.29, 1.82) is 0 Å². The number of hydrogen-bond acceptors (Lipinski definition) is 3. The van der Waals surface area contributed by atoms with E-state index in [-0.39, 0.29) is 5.91 Å². The van der Waals surface area contributed by atoms with Crippen molar-refractivity contribution < 1.29 is 9.59 Å². The average molecular weight is 321 g/mol. The summed E-state index contributed by atoms with van der Waals surface area (Å²) < 4.78 is 0. The van der Waals surface area contributed by atoms with Crippen molar-refractivity contribution in [2.24, 2.45) is 5.92 Å². The lowest BCUT2D eigenvalue weighted by atomic mass is 10.0. The van der Waals surface area contributed by atoms with Gasteiger partial charge in [0.1, 0.15) is 0 Å². The Morgan fingerprint density at radius 1 is 0.783 bits per heavy atom. The summed E-state index contributed by atoms with van der Waals surface area (Å²) in [5, 5.41) is 3.40. The summed E-state index contributed by atoms with van der Waals surface area (Å²) in [5.74, 6) is 1.18. The van der Waals surface area contributed by atoms with E-state index in [4.69, 9.17) is 0 Å². The van der Waals surface area contributed by atoms with Crippen LogP contribution in [0.5, 0.6) is 0 Å². The van der Waals surface area contributed by atoms with Gasteiger partial charge in [-0.2, -0.15) is 0 Å². The van der Waals surface area contributed by atoms with E-state index in [0.717, 1.165) is 45.4 Å². The number of hydrogen-bond donors (Lipinski definition) is 1. The number of carbonyl (C=O) groups excluding carboxylic acids is 2. The maximum atomic E-state index is 12.5. The number of amides is 2. The molecule has 2 saturated heterocycles. The molecule has 0 aromatic carbocycles. The quantitative estimate of drug-likeness (QED) is 0.858. The minimum Gasteiger partial charge on any atom is -0.341 e. The summed E-state index contributed by atoms with van der Waals surface area (Å²) in [6, 6.07) is 0.367. The molecule has 2 heterocycles.